The van der Waals surface area contributed by atoms with Crippen molar-refractivity contribution in [2.24, 2.45) is 0 Å². The Kier molecular flexibility index (Phi) is 4.12. The topological polar surface area (TPSA) is 57.5 Å². The molecule has 2 unspecified atom stereocenters. The SMILES string of the molecule is O=S(c1ccc(O)cc1)C(CO)c1ccccc1. The van der Waals surface area contributed by atoms with Gasteiger partial charge in [0.2, 0.25) is 0 Å². The molecule has 0 aromatic heterocycles. The van der Waals surface area contributed by atoms with Crippen molar-refractivity contribution in [2.45, 2.75) is 10.1 Å². The molecule has 0 aliphatic heterocycles. The highest BCUT2D eigenvalue weighted by molar-refractivity contribution is 7.85. The van der Waals surface area contributed by atoms with Gasteiger partial charge in [-0.3, -0.25) is 4.21 Å². The van der Waals surface area contributed by atoms with Crippen LogP contribution < -0.4 is 0 Å². The van der Waals surface area contributed by atoms with E-state index < -0.39 is 16.0 Å². The molecule has 0 spiro atoms. The normalized spacial score (nSPS) is 14.1. The van der Waals surface area contributed by atoms with Gasteiger partial charge in [0.25, 0.3) is 0 Å². The summed E-state index contributed by atoms with van der Waals surface area (Å²) < 4.78 is 12.4. The van der Waals surface area contributed by atoms with Crippen LogP contribution in [-0.2, 0) is 10.8 Å². The second-order valence-electron chi connectivity index (χ2n) is 3.87. The quantitative estimate of drug-likeness (QED) is 0.888. The molecule has 0 saturated heterocycles. The van der Waals surface area contributed by atoms with Crippen molar-refractivity contribution in [3.8, 4) is 5.75 Å². The Morgan fingerprint density at radius 1 is 1.00 bits per heavy atom. The minimum absolute atomic E-state index is 0.135. The van der Waals surface area contributed by atoms with E-state index in [9.17, 15) is 14.4 Å². The lowest BCUT2D eigenvalue weighted by molar-refractivity contribution is 0.294. The molecule has 2 rings (SSSR count). The van der Waals surface area contributed by atoms with Crippen LogP contribution in [0.4, 0.5) is 0 Å². The number of aliphatic hydroxyl groups is 1. The Hall–Kier alpha value is -1.65. The van der Waals surface area contributed by atoms with Gasteiger partial charge in [0.1, 0.15) is 5.75 Å². The molecular weight excluding hydrogens is 248 g/mol. The average molecular weight is 262 g/mol. The first-order chi connectivity index (χ1) is 8.72. The van der Waals surface area contributed by atoms with Crippen LogP contribution in [0.15, 0.2) is 59.5 Å². The van der Waals surface area contributed by atoms with Crippen LogP contribution in [0.2, 0.25) is 0 Å². The van der Waals surface area contributed by atoms with Crippen molar-refractivity contribution in [3.05, 3.63) is 60.2 Å². The smallest absolute Gasteiger partial charge is 0.115 e. The van der Waals surface area contributed by atoms with Crippen LogP contribution in [0, 0.1) is 0 Å². The van der Waals surface area contributed by atoms with Gasteiger partial charge in [-0.25, -0.2) is 0 Å². The lowest BCUT2D eigenvalue weighted by Crippen LogP contribution is -2.11. The number of phenols is 1. The molecule has 0 bridgehead atoms. The predicted molar refractivity (Wildman–Crippen MR) is 70.8 cm³/mol. The van der Waals surface area contributed by atoms with Crippen LogP contribution in [0.5, 0.6) is 5.75 Å². The lowest BCUT2D eigenvalue weighted by Gasteiger charge is -2.14. The molecule has 0 amide bonds. The Bertz CT molecular complexity index is 522. The summed E-state index contributed by atoms with van der Waals surface area (Å²) in [5.74, 6) is 0.135. The highest BCUT2D eigenvalue weighted by atomic mass is 32.2. The lowest BCUT2D eigenvalue weighted by atomic mass is 10.2. The fourth-order valence-corrected chi connectivity index (χ4v) is 2.98. The Balaban J connectivity index is 2.28. The molecule has 0 aliphatic carbocycles. The number of hydrogen-bond donors (Lipinski definition) is 2. The first kappa shape index (κ1) is 12.8. The van der Waals surface area contributed by atoms with Crippen molar-refractivity contribution in [2.75, 3.05) is 6.61 Å². The van der Waals surface area contributed by atoms with Crippen molar-refractivity contribution < 1.29 is 14.4 Å². The molecule has 3 nitrogen and oxygen atoms in total. The minimum atomic E-state index is -1.34. The van der Waals surface area contributed by atoms with E-state index in [-0.39, 0.29) is 12.4 Å². The molecule has 0 radical (unpaired) electrons. The van der Waals surface area contributed by atoms with Crippen molar-refractivity contribution in [3.63, 3.8) is 0 Å². The summed E-state index contributed by atoms with van der Waals surface area (Å²) in [5, 5.41) is 18.2. The van der Waals surface area contributed by atoms with E-state index >= 15 is 0 Å². The zero-order valence-corrected chi connectivity index (χ0v) is 10.5. The molecule has 4 heteroatoms. The maximum absolute atomic E-state index is 12.4. The van der Waals surface area contributed by atoms with Gasteiger partial charge in [0.15, 0.2) is 0 Å². The van der Waals surface area contributed by atoms with Gasteiger partial charge in [0.05, 0.1) is 22.7 Å². The van der Waals surface area contributed by atoms with Gasteiger partial charge in [-0.05, 0) is 29.8 Å². The zero-order chi connectivity index (χ0) is 13.0. The number of rotatable bonds is 4. The second kappa shape index (κ2) is 5.80. The van der Waals surface area contributed by atoms with Gasteiger partial charge in [-0.2, -0.15) is 0 Å². The molecule has 0 heterocycles. The Labute approximate surface area is 108 Å². The molecule has 0 saturated carbocycles. The molecule has 18 heavy (non-hydrogen) atoms. The molecule has 2 aromatic rings. The highest BCUT2D eigenvalue weighted by Crippen LogP contribution is 2.25. The number of benzene rings is 2. The van der Waals surface area contributed by atoms with Crippen molar-refractivity contribution in [1.29, 1.82) is 0 Å². The van der Waals surface area contributed by atoms with E-state index in [1.54, 1.807) is 12.1 Å². The van der Waals surface area contributed by atoms with Gasteiger partial charge < -0.3 is 10.2 Å². The minimum Gasteiger partial charge on any atom is -0.508 e. The molecule has 94 valence electrons. The number of aliphatic hydroxyl groups excluding tert-OH is 1. The van der Waals surface area contributed by atoms with Crippen LogP contribution in [-0.4, -0.2) is 21.0 Å². The Morgan fingerprint density at radius 3 is 2.17 bits per heavy atom. The van der Waals surface area contributed by atoms with Crippen LogP contribution in [0.1, 0.15) is 10.8 Å². The summed E-state index contributed by atoms with van der Waals surface area (Å²) in [7, 11) is -1.34. The standard InChI is InChI=1S/C14H14O3S/c15-10-14(11-4-2-1-3-5-11)18(17)13-8-6-12(16)7-9-13/h1-9,14-16H,10H2. The van der Waals surface area contributed by atoms with Crippen LogP contribution >= 0.6 is 0 Å². The van der Waals surface area contributed by atoms with Crippen molar-refractivity contribution >= 4 is 10.8 Å². The summed E-state index contributed by atoms with van der Waals surface area (Å²) in [4.78, 5) is 0.593. The molecular formula is C14H14O3S. The largest absolute Gasteiger partial charge is 0.508 e. The predicted octanol–water partition coefficient (Wildman–Crippen LogP) is 2.23. The Morgan fingerprint density at radius 2 is 1.61 bits per heavy atom. The van der Waals surface area contributed by atoms with Gasteiger partial charge in [-0.1, -0.05) is 30.3 Å². The van der Waals surface area contributed by atoms with E-state index in [2.05, 4.69) is 0 Å². The fourth-order valence-electron chi connectivity index (χ4n) is 1.71. The summed E-state index contributed by atoms with van der Waals surface area (Å²) in [6.07, 6.45) is 0. The van der Waals surface area contributed by atoms with E-state index in [1.165, 1.54) is 12.1 Å². The first-order valence-corrected chi connectivity index (χ1v) is 6.79. The summed E-state index contributed by atoms with van der Waals surface area (Å²) in [6, 6.07) is 15.5. The molecule has 0 aliphatic rings. The number of phenolic OH excluding ortho intramolecular Hbond substituents is 1. The second-order valence-corrected chi connectivity index (χ2v) is 5.51. The number of hydrogen-bond acceptors (Lipinski definition) is 3. The van der Waals surface area contributed by atoms with E-state index in [0.29, 0.717) is 4.90 Å². The third-order valence-electron chi connectivity index (χ3n) is 2.66. The van der Waals surface area contributed by atoms with Gasteiger partial charge >= 0.3 is 0 Å². The molecule has 2 N–H and O–H groups in total. The van der Waals surface area contributed by atoms with E-state index in [1.807, 2.05) is 30.3 Å². The van der Waals surface area contributed by atoms with Crippen LogP contribution in [0.25, 0.3) is 0 Å². The fraction of sp³-hybridized carbons (Fsp3) is 0.143. The van der Waals surface area contributed by atoms with E-state index in [4.69, 9.17) is 0 Å². The zero-order valence-electron chi connectivity index (χ0n) is 9.69. The third kappa shape index (κ3) is 2.78. The van der Waals surface area contributed by atoms with Crippen molar-refractivity contribution in [1.82, 2.24) is 0 Å². The summed E-state index contributed by atoms with van der Waals surface area (Å²) in [6.45, 7) is -0.183. The molecule has 0 fully saturated rings. The maximum Gasteiger partial charge on any atom is 0.115 e. The molecule has 2 atom stereocenters. The maximum atomic E-state index is 12.4. The summed E-state index contributed by atoms with van der Waals surface area (Å²) >= 11 is 0. The average Bonchev–Trinajstić information content (AvgIpc) is 2.41. The number of aromatic hydroxyl groups is 1. The summed E-state index contributed by atoms with van der Waals surface area (Å²) in [5.41, 5.74) is 0.839. The molecule has 2 aromatic carbocycles. The van der Waals surface area contributed by atoms with Gasteiger partial charge in [-0.15, -0.1) is 0 Å². The highest BCUT2D eigenvalue weighted by Gasteiger charge is 2.19. The van der Waals surface area contributed by atoms with E-state index in [0.717, 1.165) is 5.56 Å². The first-order valence-electron chi connectivity index (χ1n) is 5.58. The third-order valence-corrected chi connectivity index (χ3v) is 4.34. The van der Waals surface area contributed by atoms with Gasteiger partial charge in [0, 0.05) is 4.90 Å². The van der Waals surface area contributed by atoms with Crippen LogP contribution in [0.3, 0.4) is 0 Å². The monoisotopic (exact) mass is 262 g/mol.